The highest BCUT2D eigenvalue weighted by Gasteiger charge is 2.26. The van der Waals surface area contributed by atoms with Crippen molar-refractivity contribution < 1.29 is 0 Å². The van der Waals surface area contributed by atoms with Gasteiger partial charge in [0.05, 0.1) is 0 Å². The molecular formula is C23H43N. The summed E-state index contributed by atoms with van der Waals surface area (Å²) in [6.45, 7) is 20.0. The Morgan fingerprint density at radius 3 is 2.17 bits per heavy atom. The van der Waals surface area contributed by atoms with Crippen LogP contribution in [0.5, 0.6) is 0 Å². The molecule has 1 rings (SSSR count). The van der Waals surface area contributed by atoms with E-state index in [1.165, 1.54) is 82.9 Å². The fourth-order valence-electron chi connectivity index (χ4n) is 4.13. The van der Waals surface area contributed by atoms with Crippen LogP contribution in [0.15, 0.2) is 23.3 Å². The zero-order chi connectivity index (χ0) is 18.0. The second-order valence-electron chi connectivity index (χ2n) is 8.50. The molecule has 0 aliphatic carbocycles. The lowest BCUT2D eigenvalue weighted by atomic mass is 9.75. The largest absolute Gasteiger partial charge is 0.299 e. The molecule has 1 nitrogen and oxygen atoms in total. The summed E-state index contributed by atoms with van der Waals surface area (Å²) in [6, 6.07) is 0. The van der Waals surface area contributed by atoms with Crippen LogP contribution in [0.25, 0.3) is 0 Å². The number of hydrogen-bond donors (Lipinski definition) is 0. The van der Waals surface area contributed by atoms with Gasteiger partial charge in [0.15, 0.2) is 0 Å². The van der Waals surface area contributed by atoms with Crippen molar-refractivity contribution in [3.05, 3.63) is 23.3 Å². The summed E-state index contributed by atoms with van der Waals surface area (Å²) >= 11 is 0. The highest BCUT2D eigenvalue weighted by Crippen LogP contribution is 2.38. The van der Waals surface area contributed by atoms with Crippen LogP contribution in [-0.4, -0.2) is 24.5 Å². The van der Waals surface area contributed by atoms with Crippen molar-refractivity contribution in [1.82, 2.24) is 4.90 Å². The third-order valence-electron chi connectivity index (χ3n) is 5.83. The van der Waals surface area contributed by atoms with E-state index in [0.29, 0.717) is 0 Å². The summed E-state index contributed by atoms with van der Waals surface area (Å²) in [5, 5.41) is 0. The van der Waals surface area contributed by atoms with Crippen molar-refractivity contribution in [2.24, 2.45) is 5.41 Å². The van der Waals surface area contributed by atoms with Gasteiger partial charge in [-0.2, -0.15) is 0 Å². The Morgan fingerprint density at radius 2 is 1.58 bits per heavy atom. The first kappa shape index (κ1) is 21.5. The molecule has 140 valence electrons. The molecule has 0 aromatic heterocycles. The Kier molecular flexibility index (Phi) is 9.96. The predicted molar refractivity (Wildman–Crippen MR) is 110 cm³/mol. The van der Waals surface area contributed by atoms with Crippen LogP contribution >= 0.6 is 0 Å². The molecule has 1 aliphatic rings. The minimum atomic E-state index is 0.250. The summed E-state index contributed by atoms with van der Waals surface area (Å²) in [7, 11) is 0. The van der Waals surface area contributed by atoms with E-state index in [9.17, 15) is 0 Å². The molecule has 0 aromatic rings. The lowest BCUT2D eigenvalue weighted by molar-refractivity contribution is 0.244. The lowest BCUT2D eigenvalue weighted by Gasteiger charge is -2.34. The van der Waals surface area contributed by atoms with E-state index in [0.717, 1.165) is 6.54 Å². The fraction of sp³-hybridized carbons (Fsp3) is 0.826. The maximum absolute atomic E-state index is 4.52. The molecule has 0 saturated carbocycles. The smallest absolute Gasteiger partial charge is 0.0196 e. The van der Waals surface area contributed by atoms with Crippen LogP contribution in [0.4, 0.5) is 0 Å². The number of hydrogen-bond acceptors (Lipinski definition) is 1. The maximum Gasteiger partial charge on any atom is 0.0196 e. The van der Waals surface area contributed by atoms with E-state index in [1.54, 1.807) is 11.1 Å². The second-order valence-corrected chi connectivity index (χ2v) is 8.50. The van der Waals surface area contributed by atoms with Gasteiger partial charge in [-0.25, -0.2) is 0 Å². The predicted octanol–water partition coefficient (Wildman–Crippen LogP) is 7.14. The third kappa shape index (κ3) is 7.13. The standard InChI is InChI=1S/C23H43N/c1-7-9-10-11-13-16-20(3)22(23(5,6)8-2)21(4)19-24-17-14-12-15-18-24/h3,7-19H2,1-2,4-6H3. The third-order valence-corrected chi connectivity index (χ3v) is 5.83. The molecule has 0 N–H and O–H groups in total. The molecule has 0 atom stereocenters. The van der Waals surface area contributed by atoms with Crippen LogP contribution in [0.3, 0.4) is 0 Å². The molecule has 0 bridgehead atoms. The summed E-state index contributed by atoms with van der Waals surface area (Å²) < 4.78 is 0. The molecule has 1 fully saturated rings. The molecule has 24 heavy (non-hydrogen) atoms. The van der Waals surface area contributed by atoms with Gasteiger partial charge in [-0.15, -0.1) is 0 Å². The van der Waals surface area contributed by atoms with Crippen molar-refractivity contribution in [2.45, 2.75) is 98.8 Å². The number of unbranched alkanes of at least 4 members (excludes halogenated alkanes) is 4. The molecule has 0 amide bonds. The first-order chi connectivity index (χ1) is 11.4. The molecule has 1 aliphatic heterocycles. The molecule has 1 heterocycles. The molecule has 0 unspecified atom stereocenters. The van der Waals surface area contributed by atoms with Gasteiger partial charge in [0.25, 0.3) is 0 Å². The topological polar surface area (TPSA) is 3.24 Å². The van der Waals surface area contributed by atoms with Gasteiger partial charge in [-0.3, -0.25) is 4.90 Å². The van der Waals surface area contributed by atoms with E-state index < -0.39 is 0 Å². The Balaban J connectivity index is 2.74. The maximum atomic E-state index is 4.52. The Hall–Kier alpha value is -0.560. The minimum Gasteiger partial charge on any atom is -0.299 e. The highest BCUT2D eigenvalue weighted by molar-refractivity contribution is 5.38. The van der Waals surface area contributed by atoms with E-state index in [4.69, 9.17) is 0 Å². The van der Waals surface area contributed by atoms with Crippen molar-refractivity contribution >= 4 is 0 Å². The Bertz CT molecular complexity index is 396. The molecule has 1 heteroatoms. The average Bonchev–Trinajstić information content (AvgIpc) is 2.55. The Labute approximate surface area is 152 Å². The SMILES string of the molecule is C=C(CCCCCCC)C(=C(C)CN1CCCCC1)C(C)(C)CC. The second kappa shape index (κ2) is 11.1. The summed E-state index contributed by atoms with van der Waals surface area (Å²) in [5.74, 6) is 0. The molecule has 0 spiro atoms. The van der Waals surface area contributed by atoms with Gasteiger partial charge in [0, 0.05) is 6.54 Å². The quantitative estimate of drug-likeness (QED) is 0.287. The average molecular weight is 334 g/mol. The van der Waals surface area contributed by atoms with Crippen LogP contribution in [-0.2, 0) is 0 Å². The van der Waals surface area contributed by atoms with Crippen molar-refractivity contribution in [2.75, 3.05) is 19.6 Å². The zero-order valence-electron chi connectivity index (χ0n) is 17.3. The molecule has 1 saturated heterocycles. The Morgan fingerprint density at radius 1 is 0.958 bits per heavy atom. The van der Waals surface area contributed by atoms with Gasteiger partial charge in [-0.1, -0.05) is 77.5 Å². The molecule has 0 aromatic carbocycles. The number of allylic oxidation sites excluding steroid dienone is 2. The van der Waals surface area contributed by atoms with Gasteiger partial charge >= 0.3 is 0 Å². The first-order valence-corrected chi connectivity index (χ1v) is 10.5. The van der Waals surface area contributed by atoms with Crippen molar-refractivity contribution in [3.63, 3.8) is 0 Å². The van der Waals surface area contributed by atoms with Gasteiger partial charge in [-0.05, 0) is 63.1 Å². The van der Waals surface area contributed by atoms with Crippen LogP contribution in [0, 0.1) is 5.41 Å². The normalized spacial score (nSPS) is 17.7. The summed E-state index contributed by atoms with van der Waals surface area (Å²) in [5.41, 5.74) is 4.81. The minimum absolute atomic E-state index is 0.250. The van der Waals surface area contributed by atoms with Crippen LogP contribution < -0.4 is 0 Å². The van der Waals surface area contributed by atoms with Gasteiger partial charge < -0.3 is 0 Å². The van der Waals surface area contributed by atoms with Gasteiger partial charge in [0.2, 0.25) is 0 Å². The van der Waals surface area contributed by atoms with Crippen molar-refractivity contribution in [1.29, 1.82) is 0 Å². The highest BCUT2D eigenvalue weighted by atomic mass is 15.1. The summed E-state index contributed by atoms with van der Waals surface area (Å²) in [6.07, 6.45) is 13.3. The monoisotopic (exact) mass is 333 g/mol. The van der Waals surface area contributed by atoms with Crippen LogP contribution in [0.1, 0.15) is 98.8 Å². The fourth-order valence-corrected chi connectivity index (χ4v) is 4.13. The molecular weight excluding hydrogens is 290 g/mol. The number of likely N-dealkylation sites (tertiary alicyclic amines) is 1. The van der Waals surface area contributed by atoms with Crippen LogP contribution in [0.2, 0.25) is 0 Å². The van der Waals surface area contributed by atoms with E-state index >= 15 is 0 Å². The zero-order valence-corrected chi connectivity index (χ0v) is 17.3. The summed E-state index contributed by atoms with van der Waals surface area (Å²) in [4.78, 5) is 2.65. The van der Waals surface area contributed by atoms with Gasteiger partial charge in [0.1, 0.15) is 0 Å². The van der Waals surface area contributed by atoms with E-state index in [1.807, 2.05) is 0 Å². The number of nitrogens with zero attached hydrogens (tertiary/aromatic N) is 1. The number of piperidine rings is 1. The lowest BCUT2D eigenvalue weighted by Crippen LogP contribution is -2.32. The number of rotatable bonds is 11. The molecule has 0 radical (unpaired) electrons. The van der Waals surface area contributed by atoms with E-state index in [2.05, 4.69) is 46.1 Å². The first-order valence-electron chi connectivity index (χ1n) is 10.5. The van der Waals surface area contributed by atoms with Crippen molar-refractivity contribution in [3.8, 4) is 0 Å². The van der Waals surface area contributed by atoms with E-state index in [-0.39, 0.29) is 5.41 Å².